The second kappa shape index (κ2) is 6.46. The van der Waals surface area contributed by atoms with Crippen LogP contribution >= 0.6 is 0 Å². The highest BCUT2D eigenvalue weighted by molar-refractivity contribution is 5.27. The van der Waals surface area contributed by atoms with Gasteiger partial charge in [0.2, 0.25) is 0 Å². The summed E-state index contributed by atoms with van der Waals surface area (Å²) in [5.74, 6) is 0.976. The van der Waals surface area contributed by atoms with Gasteiger partial charge in [-0.05, 0) is 37.6 Å². The van der Waals surface area contributed by atoms with Crippen molar-refractivity contribution in [1.29, 1.82) is 0 Å². The second-order valence-corrected chi connectivity index (χ2v) is 3.73. The van der Waals surface area contributed by atoms with Crippen LogP contribution in [-0.4, -0.2) is 13.2 Å². The third kappa shape index (κ3) is 3.92. The van der Waals surface area contributed by atoms with E-state index in [0.29, 0.717) is 6.10 Å². The maximum absolute atomic E-state index is 5.83. The third-order valence-corrected chi connectivity index (χ3v) is 2.52. The van der Waals surface area contributed by atoms with Gasteiger partial charge < -0.3 is 10.1 Å². The Balaban J connectivity index is 2.55. The molecule has 0 aliphatic rings. The van der Waals surface area contributed by atoms with E-state index in [9.17, 15) is 0 Å². The van der Waals surface area contributed by atoms with Gasteiger partial charge in [-0.1, -0.05) is 26.0 Å². The van der Waals surface area contributed by atoms with Gasteiger partial charge in [0.15, 0.2) is 0 Å². The molecule has 0 radical (unpaired) electrons. The number of rotatable bonds is 6. The first-order valence-electron chi connectivity index (χ1n) is 5.70. The van der Waals surface area contributed by atoms with E-state index >= 15 is 0 Å². The Morgan fingerprint density at radius 1 is 1.13 bits per heavy atom. The van der Waals surface area contributed by atoms with E-state index < -0.39 is 0 Å². The summed E-state index contributed by atoms with van der Waals surface area (Å²) in [6.45, 7) is 5.22. The van der Waals surface area contributed by atoms with Crippen molar-refractivity contribution in [3.8, 4) is 5.75 Å². The van der Waals surface area contributed by atoms with E-state index in [1.165, 1.54) is 5.56 Å². The van der Waals surface area contributed by atoms with Gasteiger partial charge in [0.25, 0.3) is 0 Å². The summed E-state index contributed by atoms with van der Waals surface area (Å²) in [7, 11) is 1.95. The molecule has 0 aromatic heterocycles. The summed E-state index contributed by atoms with van der Waals surface area (Å²) in [5, 5.41) is 3.13. The fourth-order valence-electron chi connectivity index (χ4n) is 1.54. The quantitative estimate of drug-likeness (QED) is 0.774. The molecule has 84 valence electrons. The molecule has 0 aliphatic carbocycles. The summed E-state index contributed by atoms with van der Waals surface area (Å²) in [6, 6.07) is 8.30. The molecule has 0 fully saturated rings. The molecule has 1 rings (SSSR count). The van der Waals surface area contributed by atoms with E-state index in [4.69, 9.17) is 4.74 Å². The van der Waals surface area contributed by atoms with Crippen molar-refractivity contribution in [2.45, 2.75) is 39.3 Å². The van der Waals surface area contributed by atoms with Gasteiger partial charge in [0.05, 0.1) is 6.10 Å². The van der Waals surface area contributed by atoms with Crippen LogP contribution in [0, 0.1) is 0 Å². The highest BCUT2D eigenvalue weighted by Crippen LogP contribution is 2.16. The average Bonchev–Trinajstić information content (AvgIpc) is 2.28. The lowest BCUT2D eigenvalue weighted by atomic mass is 10.2. The number of nitrogens with one attached hydrogen (secondary N) is 1. The van der Waals surface area contributed by atoms with E-state index in [1.807, 2.05) is 19.2 Å². The van der Waals surface area contributed by atoms with Gasteiger partial charge >= 0.3 is 0 Å². The van der Waals surface area contributed by atoms with Crippen molar-refractivity contribution in [3.05, 3.63) is 29.8 Å². The number of hydrogen-bond donors (Lipinski definition) is 1. The van der Waals surface area contributed by atoms with Crippen LogP contribution < -0.4 is 10.1 Å². The Labute approximate surface area is 92.6 Å². The van der Waals surface area contributed by atoms with Crippen molar-refractivity contribution >= 4 is 0 Å². The van der Waals surface area contributed by atoms with Crippen LogP contribution in [-0.2, 0) is 6.54 Å². The molecule has 0 amide bonds. The molecule has 1 aromatic carbocycles. The molecule has 2 heteroatoms. The number of hydrogen-bond acceptors (Lipinski definition) is 2. The van der Waals surface area contributed by atoms with E-state index in [-0.39, 0.29) is 0 Å². The zero-order chi connectivity index (χ0) is 11.1. The van der Waals surface area contributed by atoms with Crippen LogP contribution in [0.5, 0.6) is 5.75 Å². The first-order chi connectivity index (χ1) is 7.30. The molecular weight excluding hydrogens is 186 g/mol. The standard InChI is InChI=1S/C13H21NO/c1-4-12(5-2)15-13-8-6-11(7-9-13)10-14-3/h6-9,12,14H,4-5,10H2,1-3H3. The molecule has 1 aromatic rings. The predicted molar refractivity (Wildman–Crippen MR) is 64.2 cm³/mol. The SMILES string of the molecule is CCC(CC)Oc1ccc(CNC)cc1. The van der Waals surface area contributed by atoms with Crippen LogP contribution in [0.15, 0.2) is 24.3 Å². The maximum atomic E-state index is 5.83. The van der Waals surface area contributed by atoms with Crippen LogP contribution in [0.1, 0.15) is 32.3 Å². The van der Waals surface area contributed by atoms with Crippen molar-refractivity contribution in [1.82, 2.24) is 5.32 Å². The minimum atomic E-state index is 0.347. The molecule has 15 heavy (non-hydrogen) atoms. The molecule has 0 spiro atoms. The van der Waals surface area contributed by atoms with Crippen molar-refractivity contribution in [2.75, 3.05) is 7.05 Å². The first kappa shape index (κ1) is 12.1. The van der Waals surface area contributed by atoms with Crippen LogP contribution in [0.3, 0.4) is 0 Å². The summed E-state index contributed by atoms with van der Waals surface area (Å²) < 4.78 is 5.83. The molecule has 2 nitrogen and oxygen atoms in total. The van der Waals surface area contributed by atoms with Crippen LogP contribution in [0.4, 0.5) is 0 Å². The monoisotopic (exact) mass is 207 g/mol. The predicted octanol–water partition coefficient (Wildman–Crippen LogP) is 2.97. The zero-order valence-corrected chi connectivity index (χ0v) is 9.92. The fraction of sp³-hybridized carbons (Fsp3) is 0.538. The molecule has 0 heterocycles. The third-order valence-electron chi connectivity index (χ3n) is 2.52. The number of ether oxygens (including phenoxy) is 1. The lowest BCUT2D eigenvalue weighted by Gasteiger charge is -2.15. The molecule has 0 aliphatic heterocycles. The Morgan fingerprint density at radius 2 is 1.73 bits per heavy atom. The van der Waals surface area contributed by atoms with E-state index in [2.05, 4.69) is 31.3 Å². The van der Waals surface area contributed by atoms with Gasteiger partial charge in [-0.15, -0.1) is 0 Å². The van der Waals surface area contributed by atoms with Crippen LogP contribution in [0.2, 0.25) is 0 Å². The number of benzene rings is 1. The van der Waals surface area contributed by atoms with Gasteiger partial charge in [0, 0.05) is 6.54 Å². The Hall–Kier alpha value is -1.02. The van der Waals surface area contributed by atoms with Gasteiger partial charge in [-0.3, -0.25) is 0 Å². The highest BCUT2D eigenvalue weighted by atomic mass is 16.5. The molecule has 0 unspecified atom stereocenters. The molecule has 0 saturated carbocycles. The fourth-order valence-corrected chi connectivity index (χ4v) is 1.54. The smallest absolute Gasteiger partial charge is 0.119 e. The highest BCUT2D eigenvalue weighted by Gasteiger charge is 2.04. The van der Waals surface area contributed by atoms with E-state index in [1.54, 1.807) is 0 Å². The summed E-state index contributed by atoms with van der Waals surface area (Å²) >= 11 is 0. The Kier molecular flexibility index (Phi) is 5.19. The maximum Gasteiger partial charge on any atom is 0.119 e. The van der Waals surface area contributed by atoms with Crippen molar-refractivity contribution < 1.29 is 4.74 Å². The first-order valence-corrected chi connectivity index (χ1v) is 5.70. The molecule has 0 atom stereocenters. The normalized spacial score (nSPS) is 10.7. The molecule has 0 saturated heterocycles. The van der Waals surface area contributed by atoms with Gasteiger partial charge in [0.1, 0.15) is 5.75 Å². The summed E-state index contributed by atoms with van der Waals surface area (Å²) in [5.41, 5.74) is 1.29. The summed E-state index contributed by atoms with van der Waals surface area (Å²) in [4.78, 5) is 0. The average molecular weight is 207 g/mol. The Bertz CT molecular complexity index is 264. The minimum Gasteiger partial charge on any atom is -0.490 e. The second-order valence-electron chi connectivity index (χ2n) is 3.73. The molecule has 1 N–H and O–H groups in total. The lowest BCUT2D eigenvalue weighted by Crippen LogP contribution is -2.13. The molecular formula is C13H21NO. The zero-order valence-electron chi connectivity index (χ0n) is 9.92. The van der Waals surface area contributed by atoms with Gasteiger partial charge in [-0.25, -0.2) is 0 Å². The van der Waals surface area contributed by atoms with Crippen LogP contribution in [0.25, 0.3) is 0 Å². The Morgan fingerprint density at radius 3 is 2.20 bits per heavy atom. The van der Waals surface area contributed by atoms with Gasteiger partial charge in [-0.2, -0.15) is 0 Å². The van der Waals surface area contributed by atoms with Crippen molar-refractivity contribution in [3.63, 3.8) is 0 Å². The summed E-state index contributed by atoms with van der Waals surface area (Å²) in [6.07, 6.45) is 2.48. The van der Waals surface area contributed by atoms with E-state index in [0.717, 1.165) is 25.1 Å². The topological polar surface area (TPSA) is 21.3 Å². The molecule has 0 bridgehead atoms. The van der Waals surface area contributed by atoms with Crippen molar-refractivity contribution in [2.24, 2.45) is 0 Å². The largest absolute Gasteiger partial charge is 0.490 e. The minimum absolute atomic E-state index is 0.347. The lowest BCUT2D eigenvalue weighted by molar-refractivity contribution is 0.193.